The zero-order valence-corrected chi connectivity index (χ0v) is 17.5. The third-order valence-electron chi connectivity index (χ3n) is 4.73. The molecule has 1 aliphatic rings. The number of benzene rings is 3. The molecule has 4 aromatic rings. The van der Waals surface area contributed by atoms with Crippen molar-refractivity contribution in [1.29, 1.82) is 0 Å². The van der Waals surface area contributed by atoms with E-state index in [0.717, 1.165) is 0 Å². The lowest BCUT2D eigenvalue weighted by atomic mass is 10.3. The standard InChI is InChI=1S/C22H18N4O5S/c27-15-5-3-4-14(12-15)23-21-22(25-18-7-2-1-6-17(18)24-21)26-32(28,29)16-8-9-19-20(13-16)31-11-10-30-19/h1-9,12-13,27H,10-11H2,(H,23,24)(H,25,26). The van der Waals surface area contributed by atoms with Crippen molar-refractivity contribution in [3.05, 3.63) is 66.7 Å². The van der Waals surface area contributed by atoms with Crippen LogP contribution in [0.5, 0.6) is 17.2 Å². The van der Waals surface area contributed by atoms with E-state index < -0.39 is 10.0 Å². The molecular formula is C22H18N4O5S. The van der Waals surface area contributed by atoms with Crippen molar-refractivity contribution in [3.63, 3.8) is 0 Å². The van der Waals surface area contributed by atoms with E-state index in [-0.39, 0.29) is 22.3 Å². The molecule has 0 bridgehead atoms. The number of hydrogen-bond donors (Lipinski definition) is 3. The Balaban J connectivity index is 1.55. The minimum absolute atomic E-state index is 0.0000131. The second kappa shape index (κ2) is 7.89. The number of phenols is 1. The molecule has 9 nitrogen and oxygen atoms in total. The van der Waals surface area contributed by atoms with Crippen LogP contribution < -0.4 is 19.5 Å². The van der Waals surface area contributed by atoms with Gasteiger partial charge in [0.15, 0.2) is 23.1 Å². The number of sulfonamides is 1. The van der Waals surface area contributed by atoms with Crippen LogP contribution in [0.1, 0.15) is 0 Å². The van der Waals surface area contributed by atoms with E-state index in [4.69, 9.17) is 9.47 Å². The van der Waals surface area contributed by atoms with E-state index in [2.05, 4.69) is 20.0 Å². The lowest BCUT2D eigenvalue weighted by Crippen LogP contribution is -2.18. The van der Waals surface area contributed by atoms with E-state index in [1.54, 1.807) is 36.4 Å². The zero-order valence-electron chi connectivity index (χ0n) is 16.6. The van der Waals surface area contributed by atoms with Crippen molar-refractivity contribution >= 4 is 38.4 Å². The highest BCUT2D eigenvalue weighted by Gasteiger charge is 2.22. The molecule has 1 aliphatic heterocycles. The molecule has 162 valence electrons. The number of rotatable bonds is 5. The number of nitrogens with zero attached hydrogens (tertiary/aromatic N) is 2. The van der Waals surface area contributed by atoms with Crippen LogP contribution in [0, 0.1) is 0 Å². The smallest absolute Gasteiger partial charge is 0.263 e. The summed E-state index contributed by atoms with van der Waals surface area (Å²) < 4.78 is 39.8. The fourth-order valence-corrected chi connectivity index (χ4v) is 4.28. The Hall–Kier alpha value is -4.05. The van der Waals surface area contributed by atoms with Crippen molar-refractivity contribution in [2.24, 2.45) is 0 Å². The van der Waals surface area contributed by atoms with Gasteiger partial charge in [-0.05, 0) is 36.4 Å². The largest absolute Gasteiger partial charge is 0.508 e. The van der Waals surface area contributed by atoms with E-state index in [1.807, 2.05) is 6.07 Å². The Kier molecular flexibility index (Phi) is 4.91. The summed E-state index contributed by atoms with van der Waals surface area (Å²) >= 11 is 0. The number of anilines is 3. The fourth-order valence-electron chi connectivity index (χ4n) is 3.26. The van der Waals surface area contributed by atoms with Gasteiger partial charge < -0.3 is 19.9 Å². The monoisotopic (exact) mass is 450 g/mol. The summed E-state index contributed by atoms with van der Waals surface area (Å²) in [5, 5.41) is 12.8. The molecule has 0 spiro atoms. The SMILES string of the molecule is O=S(=O)(Nc1nc2ccccc2nc1Nc1cccc(O)c1)c1ccc2c(c1)OCCO2. The summed E-state index contributed by atoms with van der Waals surface area (Å²) in [6.45, 7) is 0.756. The van der Waals surface area contributed by atoms with Gasteiger partial charge in [0.25, 0.3) is 10.0 Å². The van der Waals surface area contributed by atoms with Crippen LogP contribution in [0.25, 0.3) is 11.0 Å². The molecule has 0 saturated carbocycles. The normalized spacial score (nSPS) is 13.0. The van der Waals surface area contributed by atoms with Gasteiger partial charge in [-0.3, -0.25) is 4.72 Å². The second-order valence-corrected chi connectivity index (χ2v) is 8.68. The third-order valence-corrected chi connectivity index (χ3v) is 6.07. The number of nitrogens with one attached hydrogen (secondary N) is 2. The van der Waals surface area contributed by atoms with Crippen molar-refractivity contribution in [3.8, 4) is 17.2 Å². The van der Waals surface area contributed by atoms with Crippen LogP contribution in [0.15, 0.2) is 71.6 Å². The van der Waals surface area contributed by atoms with Crippen LogP contribution in [0.3, 0.4) is 0 Å². The number of phenolic OH excluding ortho intramolecular Hbond substituents is 1. The summed E-state index contributed by atoms with van der Waals surface area (Å²) in [4.78, 5) is 8.98. The average Bonchev–Trinajstić information content (AvgIpc) is 2.79. The van der Waals surface area contributed by atoms with Gasteiger partial charge in [0.2, 0.25) is 0 Å². The van der Waals surface area contributed by atoms with Crippen LogP contribution >= 0.6 is 0 Å². The molecule has 0 fully saturated rings. The Morgan fingerprint density at radius 2 is 1.53 bits per heavy atom. The number of ether oxygens (including phenoxy) is 2. The zero-order chi connectivity index (χ0) is 22.1. The Bertz CT molecular complexity index is 1430. The summed E-state index contributed by atoms with van der Waals surface area (Å²) in [7, 11) is -4.02. The predicted octanol–water partition coefficient (Wildman–Crippen LogP) is 3.65. The van der Waals surface area contributed by atoms with Crippen LogP contribution in [-0.4, -0.2) is 36.7 Å². The maximum Gasteiger partial charge on any atom is 0.263 e. The lowest BCUT2D eigenvalue weighted by molar-refractivity contribution is 0.171. The van der Waals surface area contributed by atoms with Gasteiger partial charge in [0.05, 0.1) is 15.9 Å². The molecule has 1 aromatic heterocycles. The van der Waals surface area contributed by atoms with Crippen molar-refractivity contribution < 1.29 is 23.0 Å². The molecule has 0 unspecified atom stereocenters. The van der Waals surface area contributed by atoms with Gasteiger partial charge in [0, 0.05) is 17.8 Å². The number of aromatic nitrogens is 2. The summed E-state index contributed by atoms with van der Waals surface area (Å²) in [6, 6.07) is 17.9. The quantitative estimate of drug-likeness (QED) is 0.421. The van der Waals surface area contributed by atoms with Crippen molar-refractivity contribution in [2.45, 2.75) is 4.90 Å². The highest BCUT2D eigenvalue weighted by Crippen LogP contribution is 2.34. The van der Waals surface area contributed by atoms with Gasteiger partial charge >= 0.3 is 0 Å². The van der Waals surface area contributed by atoms with Crippen LogP contribution in [0.4, 0.5) is 17.3 Å². The molecular weight excluding hydrogens is 432 g/mol. The Labute approximate surface area is 183 Å². The lowest BCUT2D eigenvalue weighted by Gasteiger charge is -2.19. The summed E-state index contributed by atoms with van der Waals surface area (Å²) in [6.07, 6.45) is 0. The maximum atomic E-state index is 13.1. The summed E-state index contributed by atoms with van der Waals surface area (Å²) in [5.41, 5.74) is 1.63. The van der Waals surface area contributed by atoms with E-state index in [1.165, 1.54) is 24.3 Å². The second-order valence-electron chi connectivity index (χ2n) is 7.00. The third kappa shape index (κ3) is 3.95. The molecule has 3 N–H and O–H groups in total. The van der Waals surface area contributed by atoms with Crippen LogP contribution in [-0.2, 0) is 10.0 Å². The Morgan fingerprint density at radius 1 is 0.812 bits per heavy atom. The first-order valence-corrected chi connectivity index (χ1v) is 11.2. The molecule has 0 amide bonds. The van der Waals surface area contributed by atoms with E-state index in [9.17, 15) is 13.5 Å². The van der Waals surface area contributed by atoms with Gasteiger partial charge in [-0.2, -0.15) is 0 Å². The van der Waals surface area contributed by atoms with Crippen molar-refractivity contribution in [1.82, 2.24) is 9.97 Å². The minimum Gasteiger partial charge on any atom is -0.508 e. The van der Waals surface area contributed by atoms with Crippen LogP contribution in [0.2, 0.25) is 0 Å². The number of hydrogen-bond acceptors (Lipinski definition) is 8. The minimum atomic E-state index is -4.02. The molecule has 32 heavy (non-hydrogen) atoms. The highest BCUT2D eigenvalue weighted by atomic mass is 32.2. The maximum absolute atomic E-state index is 13.1. The van der Waals surface area contributed by atoms with E-state index in [0.29, 0.717) is 41.4 Å². The van der Waals surface area contributed by atoms with Gasteiger partial charge in [-0.1, -0.05) is 18.2 Å². The molecule has 0 atom stereocenters. The van der Waals surface area contributed by atoms with E-state index >= 15 is 0 Å². The Morgan fingerprint density at radius 3 is 2.28 bits per heavy atom. The number of aromatic hydroxyl groups is 1. The van der Waals surface area contributed by atoms with Gasteiger partial charge in [-0.15, -0.1) is 0 Å². The first-order valence-electron chi connectivity index (χ1n) is 9.73. The predicted molar refractivity (Wildman–Crippen MR) is 119 cm³/mol. The first kappa shape index (κ1) is 19.9. The topological polar surface area (TPSA) is 123 Å². The fraction of sp³-hybridized carbons (Fsp3) is 0.0909. The van der Waals surface area contributed by atoms with Crippen molar-refractivity contribution in [2.75, 3.05) is 23.3 Å². The molecule has 3 aromatic carbocycles. The highest BCUT2D eigenvalue weighted by molar-refractivity contribution is 7.92. The molecule has 0 saturated heterocycles. The molecule has 10 heteroatoms. The first-order chi connectivity index (χ1) is 15.5. The number of fused-ring (bicyclic) bond motifs is 2. The molecule has 2 heterocycles. The number of para-hydroxylation sites is 2. The van der Waals surface area contributed by atoms with Gasteiger partial charge in [0.1, 0.15) is 19.0 Å². The van der Waals surface area contributed by atoms with Gasteiger partial charge in [-0.25, -0.2) is 18.4 Å². The molecule has 5 rings (SSSR count). The molecule has 0 radical (unpaired) electrons. The molecule has 0 aliphatic carbocycles. The summed E-state index contributed by atoms with van der Waals surface area (Å²) in [5.74, 6) is 1.12. The average molecular weight is 450 g/mol.